The molecule has 0 saturated heterocycles. The van der Waals surface area contributed by atoms with Gasteiger partial charge in [0.25, 0.3) is 0 Å². The van der Waals surface area contributed by atoms with Gasteiger partial charge in [-0.15, -0.1) is 0 Å². The number of rotatable bonds is 6. The van der Waals surface area contributed by atoms with E-state index in [1.807, 2.05) is 0 Å². The zero-order valence-electron chi connectivity index (χ0n) is 8.06. The van der Waals surface area contributed by atoms with Gasteiger partial charge < -0.3 is 11.1 Å². The Morgan fingerprint density at radius 2 is 1.64 bits per heavy atom. The molecule has 0 fully saturated rings. The van der Waals surface area contributed by atoms with Crippen molar-refractivity contribution >= 4 is 0 Å². The fourth-order valence-corrected chi connectivity index (χ4v) is 1.04. The lowest BCUT2D eigenvalue weighted by Crippen LogP contribution is -2.38. The number of nitrogens with two attached hydrogens (primary N) is 1. The average Bonchev–Trinajstić information content (AvgIpc) is 2.06. The van der Waals surface area contributed by atoms with Crippen molar-refractivity contribution in [1.29, 1.82) is 0 Å². The van der Waals surface area contributed by atoms with E-state index in [1.165, 1.54) is 12.8 Å². The molecule has 2 nitrogen and oxygen atoms in total. The number of nitrogens with one attached hydrogen (secondary N) is 1. The molecule has 0 aliphatic heterocycles. The second-order valence-corrected chi connectivity index (χ2v) is 3.09. The van der Waals surface area contributed by atoms with E-state index in [-0.39, 0.29) is 0 Å². The maximum Gasteiger partial charge on any atom is 0.0162 e. The SMILES string of the molecule is CCC(N)CNC(CC)CC. The third kappa shape index (κ3) is 5.22. The Hall–Kier alpha value is -0.0800. The second kappa shape index (κ2) is 6.62. The highest BCUT2D eigenvalue weighted by molar-refractivity contribution is 4.67. The minimum Gasteiger partial charge on any atom is -0.327 e. The van der Waals surface area contributed by atoms with E-state index in [2.05, 4.69) is 26.1 Å². The summed E-state index contributed by atoms with van der Waals surface area (Å²) in [5.74, 6) is 0. The summed E-state index contributed by atoms with van der Waals surface area (Å²) in [6, 6.07) is 0.989. The number of hydrogen-bond acceptors (Lipinski definition) is 2. The van der Waals surface area contributed by atoms with Gasteiger partial charge >= 0.3 is 0 Å². The van der Waals surface area contributed by atoms with Gasteiger partial charge in [0.15, 0.2) is 0 Å². The zero-order chi connectivity index (χ0) is 8.69. The first kappa shape index (κ1) is 10.9. The van der Waals surface area contributed by atoms with E-state index in [9.17, 15) is 0 Å². The van der Waals surface area contributed by atoms with Crippen molar-refractivity contribution < 1.29 is 0 Å². The molecule has 3 N–H and O–H groups in total. The van der Waals surface area contributed by atoms with Crippen LogP contribution >= 0.6 is 0 Å². The van der Waals surface area contributed by atoms with Gasteiger partial charge in [0, 0.05) is 18.6 Å². The molecule has 0 bridgehead atoms. The Bertz CT molecular complexity index is 79.6. The first-order valence-corrected chi connectivity index (χ1v) is 4.73. The van der Waals surface area contributed by atoms with Crippen molar-refractivity contribution in [2.45, 2.75) is 52.1 Å². The molecule has 0 aliphatic carbocycles. The predicted molar refractivity (Wildman–Crippen MR) is 50.6 cm³/mol. The van der Waals surface area contributed by atoms with Crippen LogP contribution in [0.1, 0.15) is 40.0 Å². The van der Waals surface area contributed by atoms with Crippen LogP contribution in [0.3, 0.4) is 0 Å². The fourth-order valence-electron chi connectivity index (χ4n) is 1.04. The maximum absolute atomic E-state index is 5.77. The molecule has 11 heavy (non-hydrogen) atoms. The van der Waals surface area contributed by atoms with Gasteiger partial charge in [-0.25, -0.2) is 0 Å². The van der Waals surface area contributed by atoms with E-state index in [0.717, 1.165) is 13.0 Å². The highest BCUT2D eigenvalue weighted by Gasteiger charge is 2.03. The number of hydrogen-bond donors (Lipinski definition) is 2. The molecule has 0 amide bonds. The molecule has 1 unspecified atom stereocenters. The molecule has 0 saturated carbocycles. The van der Waals surface area contributed by atoms with Crippen molar-refractivity contribution in [2.75, 3.05) is 6.54 Å². The Labute approximate surface area is 70.5 Å². The lowest BCUT2D eigenvalue weighted by molar-refractivity contribution is 0.452. The van der Waals surface area contributed by atoms with Crippen LogP contribution in [-0.2, 0) is 0 Å². The van der Waals surface area contributed by atoms with Gasteiger partial charge in [-0.05, 0) is 19.3 Å². The molecule has 0 rings (SSSR count). The molecule has 0 radical (unpaired) electrons. The minimum atomic E-state index is 0.329. The normalized spacial score (nSPS) is 13.9. The van der Waals surface area contributed by atoms with Crippen LogP contribution in [0.25, 0.3) is 0 Å². The Morgan fingerprint density at radius 1 is 1.09 bits per heavy atom. The standard InChI is InChI=1S/C9H22N2/c1-4-8(10)7-11-9(5-2)6-3/h8-9,11H,4-7,10H2,1-3H3. The summed E-state index contributed by atoms with van der Waals surface area (Å²) in [4.78, 5) is 0. The molecule has 68 valence electrons. The Kier molecular flexibility index (Phi) is 6.57. The van der Waals surface area contributed by atoms with Crippen LogP contribution < -0.4 is 11.1 Å². The van der Waals surface area contributed by atoms with E-state index in [0.29, 0.717) is 12.1 Å². The second-order valence-electron chi connectivity index (χ2n) is 3.09. The van der Waals surface area contributed by atoms with Crippen LogP contribution in [0.15, 0.2) is 0 Å². The van der Waals surface area contributed by atoms with Crippen LogP contribution in [0, 0.1) is 0 Å². The third-order valence-electron chi connectivity index (χ3n) is 2.18. The van der Waals surface area contributed by atoms with Crippen LogP contribution in [0.2, 0.25) is 0 Å². The van der Waals surface area contributed by atoms with Gasteiger partial charge in [-0.1, -0.05) is 20.8 Å². The molecule has 0 spiro atoms. The van der Waals surface area contributed by atoms with Crippen LogP contribution in [0.5, 0.6) is 0 Å². The molecular formula is C9H22N2. The summed E-state index contributed by atoms with van der Waals surface area (Å²) in [6.07, 6.45) is 3.47. The topological polar surface area (TPSA) is 38.0 Å². The largest absolute Gasteiger partial charge is 0.327 e. The minimum absolute atomic E-state index is 0.329. The van der Waals surface area contributed by atoms with Gasteiger partial charge in [-0.3, -0.25) is 0 Å². The van der Waals surface area contributed by atoms with E-state index >= 15 is 0 Å². The summed E-state index contributed by atoms with van der Waals surface area (Å²) >= 11 is 0. The Balaban J connectivity index is 3.34. The van der Waals surface area contributed by atoms with Gasteiger partial charge in [0.05, 0.1) is 0 Å². The van der Waals surface area contributed by atoms with E-state index in [4.69, 9.17) is 5.73 Å². The lowest BCUT2D eigenvalue weighted by Gasteiger charge is -2.17. The summed E-state index contributed by atoms with van der Waals surface area (Å²) in [5, 5.41) is 3.44. The molecule has 2 heteroatoms. The summed E-state index contributed by atoms with van der Waals surface area (Å²) in [7, 11) is 0. The highest BCUT2D eigenvalue weighted by Crippen LogP contribution is 1.95. The summed E-state index contributed by atoms with van der Waals surface area (Å²) in [5.41, 5.74) is 5.77. The smallest absolute Gasteiger partial charge is 0.0162 e. The lowest BCUT2D eigenvalue weighted by atomic mass is 10.1. The molecular weight excluding hydrogens is 136 g/mol. The van der Waals surface area contributed by atoms with Crippen LogP contribution in [0.4, 0.5) is 0 Å². The van der Waals surface area contributed by atoms with E-state index in [1.54, 1.807) is 0 Å². The monoisotopic (exact) mass is 158 g/mol. The molecule has 0 aliphatic rings. The molecule has 0 aromatic rings. The fraction of sp³-hybridized carbons (Fsp3) is 1.00. The highest BCUT2D eigenvalue weighted by atomic mass is 14.9. The van der Waals surface area contributed by atoms with Crippen molar-refractivity contribution in [1.82, 2.24) is 5.32 Å². The van der Waals surface area contributed by atoms with Crippen molar-refractivity contribution in [2.24, 2.45) is 5.73 Å². The zero-order valence-corrected chi connectivity index (χ0v) is 8.06. The summed E-state index contributed by atoms with van der Waals surface area (Å²) in [6.45, 7) is 7.50. The first-order valence-electron chi connectivity index (χ1n) is 4.73. The summed E-state index contributed by atoms with van der Waals surface area (Å²) < 4.78 is 0. The van der Waals surface area contributed by atoms with Crippen molar-refractivity contribution in [3.8, 4) is 0 Å². The molecule has 0 aromatic heterocycles. The van der Waals surface area contributed by atoms with Gasteiger partial charge in [0.1, 0.15) is 0 Å². The Morgan fingerprint density at radius 3 is 2.00 bits per heavy atom. The van der Waals surface area contributed by atoms with Crippen molar-refractivity contribution in [3.63, 3.8) is 0 Å². The molecule has 1 atom stereocenters. The van der Waals surface area contributed by atoms with E-state index < -0.39 is 0 Å². The average molecular weight is 158 g/mol. The third-order valence-corrected chi connectivity index (χ3v) is 2.18. The molecule has 0 aromatic carbocycles. The quantitative estimate of drug-likeness (QED) is 0.615. The molecule has 0 heterocycles. The van der Waals surface area contributed by atoms with Crippen LogP contribution in [-0.4, -0.2) is 18.6 Å². The van der Waals surface area contributed by atoms with Gasteiger partial charge in [0.2, 0.25) is 0 Å². The predicted octanol–water partition coefficient (Wildman–Crippen LogP) is 1.50. The first-order chi connectivity index (χ1) is 5.24. The van der Waals surface area contributed by atoms with Crippen molar-refractivity contribution in [3.05, 3.63) is 0 Å². The maximum atomic E-state index is 5.77. The van der Waals surface area contributed by atoms with Gasteiger partial charge in [-0.2, -0.15) is 0 Å².